The van der Waals surface area contributed by atoms with Crippen LogP contribution in [0.5, 0.6) is 0 Å². The van der Waals surface area contributed by atoms with Crippen LogP contribution in [0.15, 0.2) is 64.7 Å². The normalized spacial score (nSPS) is 10.8. The molecular weight excluding hydrogens is 416 g/mol. The third-order valence-corrected chi connectivity index (χ3v) is 5.44. The molecule has 0 atom stereocenters. The van der Waals surface area contributed by atoms with Crippen molar-refractivity contribution in [1.82, 2.24) is 9.97 Å². The number of non-ortho nitro benzene ring substituents is 1. The molecule has 1 N–H and O–H groups in total. The van der Waals surface area contributed by atoms with E-state index in [9.17, 15) is 10.1 Å². The molecule has 2 heterocycles. The Bertz CT molecular complexity index is 1130. The van der Waals surface area contributed by atoms with E-state index in [1.54, 1.807) is 12.1 Å². The minimum atomic E-state index is -0.394. The quantitative estimate of drug-likeness (QED) is 0.330. The van der Waals surface area contributed by atoms with Gasteiger partial charge in [-0.05, 0) is 33.6 Å². The van der Waals surface area contributed by atoms with Gasteiger partial charge in [-0.25, -0.2) is 9.97 Å². The minimum Gasteiger partial charge on any atom is -0.339 e. The van der Waals surface area contributed by atoms with E-state index in [-0.39, 0.29) is 5.69 Å². The number of thiophene rings is 1. The molecule has 0 unspecified atom stereocenters. The topological polar surface area (TPSA) is 81.0 Å². The van der Waals surface area contributed by atoms with Crippen molar-refractivity contribution in [1.29, 1.82) is 0 Å². The molecule has 0 aliphatic carbocycles. The van der Waals surface area contributed by atoms with Gasteiger partial charge in [0.2, 0.25) is 0 Å². The molecule has 0 spiro atoms. The highest BCUT2D eigenvalue weighted by atomic mass is 79.9. The molecule has 0 saturated carbocycles. The first kappa shape index (κ1) is 16.6. The van der Waals surface area contributed by atoms with Gasteiger partial charge in [-0.3, -0.25) is 10.1 Å². The SMILES string of the molecule is O=[N+]([O-])c1cccc(-c2csc3ncnc(Nc4ccccc4Br)c23)c1. The van der Waals surface area contributed by atoms with Crippen LogP contribution in [0, 0.1) is 10.1 Å². The van der Waals surface area contributed by atoms with E-state index in [1.165, 1.54) is 23.7 Å². The number of benzene rings is 2. The number of nitro benzene ring substituents is 1. The van der Waals surface area contributed by atoms with Crippen molar-refractivity contribution < 1.29 is 4.92 Å². The number of aromatic nitrogens is 2. The molecule has 128 valence electrons. The van der Waals surface area contributed by atoms with Crippen molar-refractivity contribution in [2.45, 2.75) is 0 Å². The van der Waals surface area contributed by atoms with Crippen LogP contribution >= 0.6 is 27.3 Å². The molecule has 4 rings (SSSR count). The molecule has 8 heteroatoms. The lowest BCUT2D eigenvalue weighted by Gasteiger charge is -2.10. The molecule has 2 aromatic heterocycles. The van der Waals surface area contributed by atoms with Gasteiger partial charge in [0.1, 0.15) is 17.0 Å². The highest BCUT2D eigenvalue weighted by molar-refractivity contribution is 9.10. The number of hydrogen-bond donors (Lipinski definition) is 1. The van der Waals surface area contributed by atoms with Gasteiger partial charge in [-0.1, -0.05) is 24.3 Å². The Morgan fingerprint density at radius 3 is 2.77 bits per heavy atom. The summed E-state index contributed by atoms with van der Waals surface area (Å²) in [5, 5.41) is 17.2. The van der Waals surface area contributed by atoms with Crippen LogP contribution in [0.4, 0.5) is 17.2 Å². The smallest absolute Gasteiger partial charge is 0.270 e. The van der Waals surface area contributed by atoms with Crippen LogP contribution in [0.2, 0.25) is 0 Å². The van der Waals surface area contributed by atoms with E-state index in [2.05, 4.69) is 31.2 Å². The summed E-state index contributed by atoms with van der Waals surface area (Å²) >= 11 is 5.00. The number of nitrogens with zero attached hydrogens (tertiary/aromatic N) is 3. The van der Waals surface area contributed by atoms with Crippen LogP contribution < -0.4 is 5.32 Å². The summed E-state index contributed by atoms with van der Waals surface area (Å²) in [5.74, 6) is 0.657. The van der Waals surface area contributed by atoms with Crippen LogP contribution in [-0.2, 0) is 0 Å². The van der Waals surface area contributed by atoms with Gasteiger partial charge >= 0.3 is 0 Å². The second-order valence-electron chi connectivity index (χ2n) is 5.46. The molecule has 0 radical (unpaired) electrons. The van der Waals surface area contributed by atoms with Crippen molar-refractivity contribution in [2.75, 3.05) is 5.32 Å². The maximum absolute atomic E-state index is 11.1. The van der Waals surface area contributed by atoms with Gasteiger partial charge in [0.15, 0.2) is 0 Å². The molecule has 6 nitrogen and oxygen atoms in total. The summed E-state index contributed by atoms with van der Waals surface area (Å²) in [7, 11) is 0. The summed E-state index contributed by atoms with van der Waals surface area (Å²) in [4.78, 5) is 20.2. The van der Waals surface area contributed by atoms with Crippen molar-refractivity contribution in [2.24, 2.45) is 0 Å². The maximum atomic E-state index is 11.1. The Kier molecular flexibility index (Phi) is 4.36. The summed E-state index contributed by atoms with van der Waals surface area (Å²) < 4.78 is 0.916. The number of fused-ring (bicyclic) bond motifs is 1. The number of halogens is 1. The van der Waals surface area contributed by atoms with Gasteiger partial charge in [0, 0.05) is 27.5 Å². The van der Waals surface area contributed by atoms with Crippen LogP contribution in [-0.4, -0.2) is 14.9 Å². The molecule has 2 aromatic carbocycles. The third kappa shape index (κ3) is 3.04. The van der Waals surface area contributed by atoms with E-state index in [0.717, 1.165) is 31.5 Å². The summed E-state index contributed by atoms with van der Waals surface area (Å²) in [6.07, 6.45) is 1.51. The fourth-order valence-electron chi connectivity index (χ4n) is 2.66. The van der Waals surface area contributed by atoms with E-state index in [1.807, 2.05) is 35.7 Å². The van der Waals surface area contributed by atoms with Gasteiger partial charge in [0.05, 0.1) is 16.0 Å². The van der Waals surface area contributed by atoms with E-state index in [0.29, 0.717) is 5.82 Å². The first-order chi connectivity index (χ1) is 12.6. The highest BCUT2D eigenvalue weighted by Crippen LogP contribution is 2.39. The lowest BCUT2D eigenvalue weighted by molar-refractivity contribution is -0.384. The van der Waals surface area contributed by atoms with Crippen LogP contribution in [0.1, 0.15) is 0 Å². The Hall–Kier alpha value is -2.84. The van der Waals surface area contributed by atoms with E-state index >= 15 is 0 Å². The highest BCUT2D eigenvalue weighted by Gasteiger charge is 2.16. The Balaban J connectivity index is 1.86. The zero-order valence-electron chi connectivity index (χ0n) is 13.2. The first-order valence-corrected chi connectivity index (χ1v) is 9.29. The summed E-state index contributed by atoms with van der Waals surface area (Å²) in [6.45, 7) is 0. The Labute approximate surface area is 160 Å². The number of nitrogens with one attached hydrogen (secondary N) is 1. The largest absolute Gasteiger partial charge is 0.339 e. The Morgan fingerprint density at radius 1 is 1.12 bits per heavy atom. The zero-order chi connectivity index (χ0) is 18.1. The number of hydrogen-bond acceptors (Lipinski definition) is 6. The number of anilines is 2. The van der Waals surface area contributed by atoms with Gasteiger partial charge in [0.25, 0.3) is 5.69 Å². The lowest BCUT2D eigenvalue weighted by atomic mass is 10.1. The van der Waals surface area contributed by atoms with Gasteiger partial charge < -0.3 is 5.32 Å². The number of para-hydroxylation sites is 1. The Morgan fingerprint density at radius 2 is 1.96 bits per heavy atom. The van der Waals surface area contributed by atoms with Gasteiger partial charge in [-0.15, -0.1) is 11.3 Å². The van der Waals surface area contributed by atoms with Crippen molar-refractivity contribution in [3.8, 4) is 11.1 Å². The standard InChI is InChI=1S/C18H11BrN4O2S/c19-14-6-1-2-7-15(14)22-17-16-13(9-26-18(16)21-10-20-17)11-4-3-5-12(8-11)23(24)25/h1-10H,(H,20,21,22). The molecule has 0 amide bonds. The molecule has 0 bridgehead atoms. The fourth-order valence-corrected chi connectivity index (χ4v) is 3.96. The fraction of sp³-hybridized carbons (Fsp3) is 0. The third-order valence-electron chi connectivity index (χ3n) is 3.87. The van der Waals surface area contributed by atoms with Crippen molar-refractivity contribution >= 4 is 54.7 Å². The minimum absolute atomic E-state index is 0.0546. The lowest BCUT2D eigenvalue weighted by Crippen LogP contribution is -1.96. The average Bonchev–Trinajstić information content (AvgIpc) is 3.09. The predicted octanol–water partition coefficient (Wildman–Crippen LogP) is 5.77. The maximum Gasteiger partial charge on any atom is 0.270 e. The second-order valence-corrected chi connectivity index (χ2v) is 7.18. The summed E-state index contributed by atoms with van der Waals surface area (Å²) in [6, 6.07) is 14.3. The van der Waals surface area contributed by atoms with E-state index in [4.69, 9.17) is 0 Å². The molecule has 26 heavy (non-hydrogen) atoms. The number of nitro groups is 1. The van der Waals surface area contributed by atoms with Crippen molar-refractivity contribution in [3.63, 3.8) is 0 Å². The van der Waals surface area contributed by atoms with E-state index < -0.39 is 4.92 Å². The summed E-state index contributed by atoms with van der Waals surface area (Å²) in [5.41, 5.74) is 2.56. The molecule has 0 aliphatic rings. The van der Waals surface area contributed by atoms with Crippen LogP contribution in [0.25, 0.3) is 21.3 Å². The van der Waals surface area contributed by atoms with Crippen LogP contribution in [0.3, 0.4) is 0 Å². The average molecular weight is 427 g/mol. The molecule has 0 fully saturated rings. The second kappa shape index (κ2) is 6.81. The molecule has 0 saturated heterocycles. The predicted molar refractivity (Wildman–Crippen MR) is 107 cm³/mol. The number of rotatable bonds is 4. The molecular formula is C18H11BrN4O2S. The van der Waals surface area contributed by atoms with Crippen molar-refractivity contribution in [3.05, 3.63) is 74.8 Å². The first-order valence-electron chi connectivity index (χ1n) is 7.62. The zero-order valence-corrected chi connectivity index (χ0v) is 15.6. The monoisotopic (exact) mass is 426 g/mol. The molecule has 0 aliphatic heterocycles. The van der Waals surface area contributed by atoms with Gasteiger partial charge in [-0.2, -0.15) is 0 Å². The molecule has 4 aromatic rings.